The van der Waals surface area contributed by atoms with Gasteiger partial charge in [0.1, 0.15) is 23.0 Å². The molecule has 6 aromatic rings. The summed E-state index contributed by atoms with van der Waals surface area (Å²) in [6, 6.07) is 29.8. The Kier molecular flexibility index (Phi) is 6.56. The number of nitrogens with one attached hydrogen (secondary N) is 2. The zero-order valence-corrected chi connectivity index (χ0v) is 22.0. The van der Waals surface area contributed by atoms with Gasteiger partial charge in [-0.3, -0.25) is 9.59 Å². The van der Waals surface area contributed by atoms with E-state index in [1.807, 2.05) is 60.7 Å². The van der Waals surface area contributed by atoms with Crippen LogP contribution in [0.1, 0.15) is 20.7 Å². The average molecular weight is 557 g/mol. The molecule has 0 aliphatic rings. The molecular formula is C34H24N2O6. The van der Waals surface area contributed by atoms with E-state index in [9.17, 15) is 30.0 Å². The normalized spacial score (nSPS) is 11.0. The van der Waals surface area contributed by atoms with Crippen LogP contribution in [-0.2, 0) is 0 Å². The lowest BCUT2D eigenvalue weighted by atomic mass is 9.90. The number of amides is 2. The van der Waals surface area contributed by atoms with Crippen molar-refractivity contribution in [3.8, 4) is 34.1 Å². The minimum atomic E-state index is -0.643. The first-order valence-corrected chi connectivity index (χ1v) is 13.0. The molecule has 0 aromatic heterocycles. The van der Waals surface area contributed by atoms with Crippen LogP contribution in [0.15, 0.2) is 109 Å². The van der Waals surface area contributed by atoms with Crippen molar-refractivity contribution in [3.63, 3.8) is 0 Å². The molecule has 0 unspecified atom stereocenters. The van der Waals surface area contributed by atoms with Crippen LogP contribution in [0.2, 0.25) is 0 Å². The number of hydrogen-bond donors (Lipinski definition) is 6. The molecule has 6 aromatic carbocycles. The van der Waals surface area contributed by atoms with Crippen molar-refractivity contribution in [2.75, 3.05) is 10.6 Å². The van der Waals surface area contributed by atoms with Crippen molar-refractivity contribution in [3.05, 3.63) is 120 Å². The quantitative estimate of drug-likeness (QED) is 0.127. The summed E-state index contributed by atoms with van der Waals surface area (Å²) < 4.78 is 0. The maximum Gasteiger partial charge on any atom is 0.259 e. The molecule has 0 spiro atoms. The Morgan fingerprint density at radius 1 is 0.476 bits per heavy atom. The molecule has 6 rings (SSSR count). The van der Waals surface area contributed by atoms with Gasteiger partial charge >= 0.3 is 0 Å². The molecule has 0 fully saturated rings. The van der Waals surface area contributed by atoms with Crippen LogP contribution in [0.5, 0.6) is 23.0 Å². The Balaban J connectivity index is 1.58. The monoisotopic (exact) mass is 556 g/mol. The van der Waals surface area contributed by atoms with Crippen molar-refractivity contribution in [1.82, 2.24) is 0 Å². The second-order valence-corrected chi connectivity index (χ2v) is 9.73. The van der Waals surface area contributed by atoms with Crippen molar-refractivity contribution in [1.29, 1.82) is 0 Å². The fraction of sp³-hybridized carbons (Fsp3) is 0. The zero-order valence-electron chi connectivity index (χ0n) is 22.0. The highest BCUT2D eigenvalue weighted by molar-refractivity contribution is 6.19. The summed E-state index contributed by atoms with van der Waals surface area (Å²) in [6.07, 6.45) is 0. The second-order valence-electron chi connectivity index (χ2n) is 9.73. The SMILES string of the molecule is O=C(Nc1ccc2ccccc2c1-c1c(NC(=O)c2cc(O)ccc2O)ccc2ccccc12)c1cc(O)ccc1O. The number of fused-ring (bicyclic) bond motifs is 2. The molecule has 6 N–H and O–H groups in total. The van der Waals surface area contributed by atoms with E-state index in [0.717, 1.165) is 21.5 Å². The topological polar surface area (TPSA) is 139 Å². The van der Waals surface area contributed by atoms with Gasteiger partial charge in [-0.15, -0.1) is 0 Å². The first-order valence-electron chi connectivity index (χ1n) is 13.0. The van der Waals surface area contributed by atoms with Crippen LogP contribution in [0, 0.1) is 0 Å². The van der Waals surface area contributed by atoms with Gasteiger partial charge < -0.3 is 31.1 Å². The van der Waals surface area contributed by atoms with Gasteiger partial charge in [-0.05, 0) is 70.1 Å². The lowest BCUT2D eigenvalue weighted by molar-refractivity contribution is 0.101. The molecule has 8 heteroatoms. The first-order chi connectivity index (χ1) is 20.3. The molecule has 0 aliphatic heterocycles. The van der Waals surface area contributed by atoms with Gasteiger partial charge in [-0.25, -0.2) is 0 Å². The molecule has 0 saturated carbocycles. The van der Waals surface area contributed by atoms with Crippen molar-refractivity contribution >= 4 is 44.7 Å². The van der Waals surface area contributed by atoms with Gasteiger partial charge in [0.25, 0.3) is 11.8 Å². The highest BCUT2D eigenvalue weighted by Gasteiger charge is 2.22. The number of aromatic hydroxyl groups is 4. The number of carbonyl (C=O) groups excluding carboxylic acids is 2. The number of benzene rings is 6. The Morgan fingerprint density at radius 3 is 1.31 bits per heavy atom. The van der Waals surface area contributed by atoms with Crippen molar-refractivity contribution in [2.45, 2.75) is 0 Å². The molecule has 0 atom stereocenters. The van der Waals surface area contributed by atoms with Crippen molar-refractivity contribution < 1.29 is 30.0 Å². The van der Waals surface area contributed by atoms with Gasteiger partial charge in [0.15, 0.2) is 0 Å². The van der Waals surface area contributed by atoms with Crippen LogP contribution in [0.25, 0.3) is 32.7 Å². The summed E-state index contributed by atoms with van der Waals surface area (Å²) >= 11 is 0. The van der Waals surface area contributed by atoms with Crippen LogP contribution in [0.4, 0.5) is 11.4 Å². The number of rotatable bonds is 5. The Labute approximate surface area is 239 Å². The standard InChI is InChI=1S/C34H24N2O6/c37-21-11-15-29(39)25(17-21)33(41)35-27-13-9-19-5-1-3-7-23(19)31(27)32-24-8-4-2-6-20(24)10-14-28(32)36-34(42)26-18-22(38)12-16-30(26)40/h1-18,37-40H,(H,35,41)(H,36,42). The molecule has 206 valence electrons. The molecule has 42 heavy (non-hydrogen) atoms. The minimum Gasteiger partial charge on any atom is -0.508 e. The Morgan fingerprint density at radius 2 is 0.881 bits per heavy atom. The van der Waals surface area contributed by atoms with E-state index in [0.29, 0.717) is 22.5 Å². The smallest absolute Gasteiger partial charge is 0.259 e. The van der Waals surface area contributed by atoms with E-state index in [1.165, 1.54) is 36.4 Å². The summed E-state index contributed by atoms with van der Waals surface area (Å²) in [5.41, 5.74) is 1.78. The lowest BCUT2D eigenvalue weighted by Gasteiger charge is -2.20. The third-order valence-corrected chi connectivity index (χ3v) is 7.05. The molecule has 0 heterocycles. The summed E-state index contributed by atoms with van der Waals surface area (Å²) in [6.45, 7) is 0. The molecule has 0 saturated heterocycles. The average Bonchev–Trinajstić information content (AvgIpc) is 2.99. The molecular weight excluding hydrogens is 532 g/mol. The third kappa shape index (κ3) is 4.77. The predicted molar refractivity (Wildman–Crippen MR) is 162 cm³/mol. The Bertz CT molecular complexity index is 1890. The molecule has 8 nitrogen and oxygen atoms in total. The second kappa shape index (κ2) is 10.5. The van der Waals surface area contributed by atoms with Crippen molar-refractivity contribution in [2.24, 2.45) is 0 Å². The summed E-state index contributed by atoms with van der Waals surface area (Å²) in [5, 5.41) is 49.6. The minimum absolute atomic E-state index is 0.111. The van der Waals surface area contributed by atoms with Crippen LogP contribution >= 0.6 is 0 Å². The molecule has 0 bridgehead atoms. The van der Waals surface area contributed by atoms with Gasteiger partial charge in [0.05, 0.1) is 11.1 Å². The zero-order chi connectivity index (χ0) is 29.4. The number of anilines is 2. The van der Waals surface area contributed by atoms with Gasteiger partial charge in [-0.2, -0.15) is 0 Å². The van der Waals surface area contributed by atoms with E-state index in [2.05, 4.69) is 10.6 Å². The van der Waals surface area contributed by atoms with Crippen LogP contribution in [-0.4, -0.2) is 32.2 Å². The van der Waals surface area contributed by atoms with E-state index in [-0.39, 0.29) is 34.1 Å². The highest BCUT2D eigenvalue weighted by atomic mass is 16.3. The molecule has 2 amide bonds. The number of hydrogen-bond acceptors (Lipinski definition) is 6. The molecule has 0 radical (unpaired) electrons. The molecule has 0 aliphatic carbocycles. The largest absolute Gasteiger partial charge is 0.508 e. The maximum absolute atomic E-state index is 13.4. The number of phenolic OH excluding ortho intramolecular Hbond substituents is 4. The van der Waals surface area contributed by atoms with Gasteiger partial charge in [-0.1, -0.05) is 60.7 Å². The number of carbonyl (C=O) groups is 2. The number of phenols is 4. The first kappa shape index (κ1) is 26.2. The third-order valence-electron chi connectivity index (χ3n) is 7.05. The fourth-order valence-electron chi connectivity index (χ4n) is 5.08. The highest BCUT2D eigenvalue weighted by Crippen LogP contribution is 2.44. The summed E-state index contributed by atoms with van der Waals surface area (Å²) in [4.78, 5) is 26.8. The van der Waals surface area contributed by atoms with Gasteiger partial charge in [0.2, 0.25) is 0 Å². The predicted octanol–water partition coefficient (Wildman–Crippen LogP) is 6.99. The lowest BCUT2D eigenvalue weighted by Crippen LogP contribution is -2.15. The Hall–Kier alpha value is -6.02. The van der Waals surface area contributed by atoms with Crippen LogP contribution < -0.4 is 10.6 Å². The summed E-state index contributed by atoms with van der Waals surface area (Å²) in [7, 11) is 0. The summed E-state index contributed by atoms with van der Waals surface area (Å²) in [5.74, 6) is -2.23. The van der Waals surface area contributed by atoms with E-state index < -0.39 is 11.8 Å². The van der Waals surface area contributed by atoms with E-state index >= 15 is 0 Å². The van der Waals surface area contributed by atoms with E-state index in [4.69, 9.17) is 0 Å². The maximum atomic E-state index is 13.4. The van der Waals surface area contributed by atoms with Crippen LogP contribution in [0.3, 0.4) is 0 Å². The fourth-order valence-corrected chi connectivity index (χ4v) is 5.08. The van der Waals surface area contributed by atoms with Gasteiger partial charge in [0, 0.05) is 22.5 Å². The van der Waals surface area contributed by atoms with E-state index in [1.54, 1.807) is 12.1 Å².